The molecule has 0 aliphatic heterocycles. The van der Waals surface area contributed by atoms with Gasteiger partial charge in [0.05, 0.1) is 0 Å². The quantitative estimate of drug-likeness (QED) is 0.675. The summed E-state index contributed by atoms with van der Waals surface area (Å²) in [6, 6.07) is 2.48. The summed E-state index contributed by atoms with van der Waals surface area (Å²) in [7, 11) is -3.75. The summed E-state index contributed by atoms with van der Waals surface area (Å²) in [5.41, 5.74) is 0.479. The molecule has 0 bridgehead atoms. The molecule has 118 valence electrons. The fraction of sp³-hybridized carbons (Fsp3) is 0.600. The summed E-state index contributed by atoms with van der Waals surface area (Å²) in [5, 5.41) is 19.6. The van der Waals surface area contributed by atoms with Gasteiger partial charge < -0.3 is 10.2 Å². The van der Waals surface area contributed by atoms with Crippen molar-refractivity contribution in [3.63, 3.8) is 0 Å². The molecule has 0 heterocycles. The zero-order chi connectivity index (χ0) is 15.5. The fourth-order valence-corrected chi connectivity index (χ4v) is 4.15. The number of benzene rings is 1. The molecule has 1 aliphatic rings. The number of nitrogens with one attached hydrogen (secondary N) is 1. The van der Waals surface area contributed by atoms with Gasteiger partial charge in [0, 0.05) is 12.1 Å². The predicted octanol–water partition coefficient (Wildman–Crippen LogP) is 2.66. The fourth-order valence-electron chi connectivity index (χ4n) is 2.52. The number of phenolic OH excluding ortho intramolecular Hbond substituents is 2. The largest absolute Gasteiger partial charge is 0.508 e. The number of aromatic hydroxyl groups is 2. The standard InChI is InChI=1S/C15H23NO4S/c1-2-3-4-6-11-9-13(17)10-14(18)15(11)21(19,20)16-12-7-5-8-12/h9-10,12,16-18H,2-8H2,1H3. The van der Waals surface area contributed by atoms with E-state index in [1.54, 1.807) is 0 Å². The van der Waals surface area contributed by atoms with Gasteiger partial charge in [0.2, 0.25) is 10.0 Å². The van der Waals surface area contributed by atoms with Crippen molar-refractivity contribution in [1.82, 2.24) is 4.72 Å². The lowest BCUT2D eigenvalue weighted by atomic mass is 9.94. The maximum Gasteiger partial charge on any atom is 0.244 e. The first-order chi connectivity index (χ1) is 9.94. The SMILES string of the molecule is CCCCCc1cc(O)cc(O)c1S(=O)(=O)NC1CCC1. The van der Waals surface area contributed by atoms with Crippen molar-refractivity contribution in [2.75, 3.05) is 0 Å². The molecule has 0 aromatic heterocycles. The van der Waals surface area contributed by atoms with Gasteiger partial charge in [-0.3, -0.25) is 0 Å². The minimum atomic E-state index is -3.75. The zero-order valence-electron chi connectivity index (χ0n) is 12.3. The highest BCUT2D eigenvalue weighted by Gasteiger charge is 2.29. The molecule has 0 amide bonds. The summed E-state index contributed by atoms with van der Waals surface area (Å²) in [6.45, 7) is 2.07. The Balaban J connectivity index is 2.30. The molecule has 3 N–H and O–H groups in total. The van der Waals surface area contributed by atoms with Crippen LogP contribution in [0.5, 0.6) is 11.5 Å². The van der Waals surface area contributed by atoms with Crippen molar-refractivity contribution in [2.45, 2.75) is 62.8 Å². The molecule has 0 radical (unpaired) electrons. The smallest absolute Gasteiger partial charge is 0.244 e. The maximum atomic E-state index is 12.5. The van der Waals surface area contributed by atoms with Crippen molar-refractivity contribution in [3.05, 3.63) is 17.7 Å². The minimum absolute atomic E-state index is 0.0355. The zero-order valence-corrected chi connectivity index (χ0v) is 13.1. The maximum absolute atomic E-state index is 12.5. The Morgan fingerprint density at radius 2 is 1.95 bits per heavy atom. The number of unbranched alkanes of at least 4 members (excludes halogenated alkanes) is 2. The van der Waals surface area contributed by atoms with E-state index < -0.39 is 10.0 Å². The first kappa shape index (κ1) is 16.1. The predicted molar refractivity (Wildman–Crippen MR) is 81.0 cm³/mol. The van der Waals surface area contributed by atoms with E-state index in [0.29, 0.717) is 12.0 Å². The number of aryl methyl sites for hydroxylation is 1. The van der Waals surface area contributed by atoms with Crippen LogP contribution in [-0.4, -0.2) is 24.7 Å². The Kier molecular flexibility index (Phi) is 5.11. The number of sulfonamides is 1. The molecule has 1 fully saturated rings. The van der Waals surface area contributed by atoms with Crippen LogP contribution in [0.1, 0.15) is 51.0 Å². The first-order valence-corrected chi connectivity index (χ1v) is 8.99. The normalized spacial score (nSPS) is 15.9. The highest BCUT2D eigenvalue weighted by atomic mass is 32.2. The molecular weight excluding hydrogens is 290 g/mol. The Bertz CT molecular complexity index is 594. The van der Waals surface area contributed by atoms with Gasteiger partial charge in [-0.05, 0) is 37.3 Å². The molecule has 1 aliphatic carbocycles. The Hall–Kier alpha value is -1.27. The number of hydrogen-bond donors (Lipinski definition) is 3. The lowest BCUT2D eigenvalue weighted by Crippen LogP contribution is -2.39. The van der Waals surface area contributed by atoms with E-state index in [-0.39, 0.29) is 22.4 Å². The lowest BCUT2D eigenvalue weighted by molar-refractivity contribution is 0.381. The molecular formula is C15H23NO4S. The third-order valence-electron chi connectivity index (χ3n) is 3.88. The monoisotopic (exact) mass is 313 g/mol. The molecule has 2 rings (SSSR count). The van der Waals surface area contributed by atoms with E-state index in [2.05, 4.69) is 11.6 Å². The minimum Gasteiger partial charge on any atom is -0.508 e. The lowest BCUT2D eigenvalue weighted by Gasteiger charge is -2.26. The van der Waals surface area contributed by atoms with Crippen molar-refractivity contribution < 1.29 is 18.6 Å². The van der Waals surface area contributed by atoms with Crippen LogP contribution in [-0.2, 0) is 16.4 Å². The van der Waals surface area contributed by atoms with E-state index in [1.165, 1.54) is 6.07 Å². The number of rotatable bonds is 7. The van der Waals surface area contributed by atoms with Crippen LogP contribution < -0.4 is 4.72 Å². The highest BCUT2D eigenvalue weighted by Crippen LogP contribution is 2.33. The second kappa shape index (κ2) is 6.66. The Morgan fingerprint density at radius 1 is 1.24 bits per heavy atom. The van der Waals surface area contributed by atoms with Crippen LogP contribution >= 0.6 is 0 Å². The van der Waals surface area contributed by atoms with Crippen LogP contribution in [0.3, 0.4) is 0 Å². The Labute approximate surface area is 126 Å². The summed E-state index contributed by atoms with van der Waals surface area (Å²) in [4.78, 5) is -0.0803. The molecule has 0 unspecified atom stereocenters. The Morgan fingerprint density at radius 3 is 2.52 bits per heavy atom. The highest BCUT2D eigenvalue weighted by molar-refractivity contribution is 7.89. The van der Waals surface area contributed by atoms with E-state index in [0.717, 1.165) is 44.6 Å². The average Bonchev–Trinajstić information content (AvgIpc) is 2.33. The van der Waals surface area contributed by atoms with E-state index >= 15 is 0 Å². The van der Waals surface area contributed by atoms with Gasteiger partial charge >= 0.3 is 0 Å². The molecule has 0 atom stereocenters. The van der Waals surface area contributed by atoms with Crippen LogP contribution in [0, 0.1) is 0 Å². The third kappa shape index (κ3) is 3.89. The summed E-state index contributed by atoms with van der Waals surface area (Å²) in [5.74, 6) is -0.491. The van der Waals surface area contributed by atoms with Gasteiger partial charge in [0.1, 0.15) is 16.4 Å². The molecule has 1 aromatic carbocycles. The first-order valence-electron chi connectivity index (χ1n) is 7.51. The van der Waals surface area contributed by atoms with Gasteiger partial charge in [-0.2, -0.15) is 0 Å². The van der Waals surface area contributed by atoms with E-state index in [4.69, 9.17) is 0 Å². The van der Waals surface area contributed by atoms with Gasteiger partial charge in [-0.15, -0.1) is 0 Å². The van der Waals surface area contributed by atoms with Gasteiger partial charge in [0.25, 0.3) is 0 Å². The van der Waals surface area contributed by atoms with Gasteiger partial charge in [-0.1, -0.05) is 26.2 Å². The molecule has 21 heavy (non-hydrogen) atoms. The second-order valence-corrected chi connectivity index (χ2v) is 7.31. The van der Waals surface area contributed by atoms with Crippen LogP contribution in [0.4, 0.5) is 0 Å². The van der Waals surface area contributed by atoms with Crippen molar-refractivity contribution in [3.8, 4) is 11.5 Å². The van der Waals surface area contributed by atoms with Gasteiger partial charge in [-0.25, -0.2) is 13.1 Å². The van der Waals surface area contributed by atoms with E-state index in [1.807, 2.05) is 0 Å². The molecule has 6 heteroatoms. The van der Waals surface area contributed by atoms with Gasteiger partial charge in [0.15, 0.2) is 0 Å². The van der Waals surface area contributed by atoms with Crippen LogP contribution in [0.25, 0.3) is 0 Å². The number of hydrogen-bond acceptors (Lipinski definition) is 4. The molecule has 0 saturated heterocycles. The second-order valence-electron chi connectivity index (χ2n) is 5.66. The summed E-state index contributed by atoms with van der Waals surface area (Å²) in [6.07, 6.45) is 6.05. The molecule has 1 aromatic rings. The van der Waals surface area contributed by atoms with Crippen LogP contribution in [0.2, 0.25) is 0 Å². The summed E-state index contributed by atoms with van der Waals surface area (Å²) < 4.78 is 27.6. The topological polar surface area (TPSA) is 86.6 Å². The molecule has 0 spiro atoms. The molecule has 1 saturated carbocycles. The van der Waals surface area contributed by atoms with Crippen molar-refractivity contribution in [1.29, 1.82) is 0 Å². The summed E-state index contributed by atoms with van der Waals surface area (Å²) >= 11 is 0. The number of phenols is 2. The van der Waals surface area contributed by atoms with Crippen molar-refractivity contribution >= 4 is 10.0 Å². The molecule has 5 nitrogen and oxygen atoms in total. The van der Waals surface area contributed by atoms with Crippen LogP contribution in [0.15, 0.2) is 17.0 Å². The van der Waals surface area contributed by atoms with E-state index in [9.17, 15) is 18.6 Å². The average molecular weight is 313 g/mol. The van der Waals surface area contributed by atoms with Crippen molar-refractivity contribution in [2.24, 2.45) is 0 Å². The third-order valence-corrected chi connectivity index (χ3v) is 5.53.